The fraction of sp³-hybridized carbons (Fsp3) is 0.621. The largest absolute Gasteiger partial charge is 0.495 e. The molecule has 0 aromatic heterocycles. The van der Waals surface area contributed by atoms with E-state index in [0.717, 1.165) is 75.3 Å². The third-order valence-corrected chi connectivity index (χ3v) is 8.84. The van der Waals surface area contributed by atoms with Crippen molar-refractivity contribution in [1.82, 2.24) is 20.0 Å². The molecule has 4 aliphatic rings. The molecule has 3 aliphatic heterocycles. The highest BCUT2D eigenvalue weighted by Crippen LogP contribution is 2.39. The molecule has 2 amide bonds. The first-order valence-corrected chi connectivity index (χ1v) is 14.6. The van der Waals surface area contributed by atoms with E-state index in [1.165, 1.54) is 12.8 Å². The molecule has 1 saturated carbocycles. The second kappa shape index (κ2) is 11.6. The number of methoxy groups -OCH3 is 1. The van der Waals surface area contributed by atoms with E-state index in [4.69, 9.17) is 9.73 Å². The summed E-state index contributed by atoms with van der Waals surface area (Å²) < 4.78 is 6.42. The molecule has 1 aliphatic carbocycles. The van der Waals surface area contributed by atoms with Crippen molar-refractivity contribution in [3.05, 3.63) is 35.3 Å². The third-order valence-electron chi connectivity index (χ3n) is 8.84. The maximum atomic E-state index is 12.9. The molecule has 10 heteroatoms. The molecule has 0 unspecified atom stereocenters. The Bertz CT molecular complexity index is 1150. The summed E-state index contributed by atoms with van der Waals surface area (Å²) in [4.78, 5) is 37.5. The van der Waals surface area contributed by atoms with Crippen molar-refractivity contribution < 1.29 is 18.8 Å². The van der Waals surface area contributed by atoms with Gasteiger partial charge in [0.05, 0.1) is 12.8 Å². The molecule has 0 bridgehead atoms. The van der Waals surface area contributed by atoms with Gasteiger partial charge >= 0.3 is 5.96 Å². The molecule has 212 valence electrons. The van der Waals surface area contributed by atoms with Crippen LogP contribution in [0, 0.1) is 0 Å². The Morgan fingerprint density at radius 2 is 1.95 bits per heavy atom. The number of aliphatic imine (C=N–C) groups is 1. The second-order valence-corrected chi connectivity index (χ2v) is 11.1. The van der Waals surface area contributed by atoms with Crippen LogP contribution >= 0.6 is 0 Å². The van der Waals surface area contributed by atoms with Gasteiger partial charge in [-0.1, -0.05) is 26.7 Å². The number of likely N-dealkylation sites (N-methyl/N-ethyl adjacent to an activating group) is 2. The molecule has 2 fully saturated rings. The number of nitrogens with one attached hydrogen (secondary N) is 2. The fourth-order valence-corrected chi connectivity index (χ4v) is 6.06. The number of ether oxygens (including phenoxy) is 1. The summed E-state index contributed by atoms with van der Waals surface area (Å²) in [6, 6.07) is 5.97. The first-order valence-electron chi connectivity index (χ1n) is 14.6. The Hall–Kier alpha value is -3.11. The molecule has 2 N–H and O–H groups in total. The molecule has 3 heterocycles. The molecular formula is C29H44N7O3+. The first kappa shape index (κ1) is 27.5. The molecule has 1 saturated heterocycles. The van der Waals surface area contributed by atoms with E-state index in [0.29, 0.717) is 41.3 Å². The van der Waals surface area contributed by atoms with Crippen LogP contribution in [0.5, 0.6) is 5.75 Å². The van der Waals surface area contributed by atoms with Gasteiger partial charge in [0.2, 0.25) is 5.91 Å². The van der Waals surface area contributed by atoms with E-state index in [1.54, 1.807) is 13.2 Å². The highest BCUT2D eigenvalue weighted by molar-refractivity contribution is 5.97. The van der Waals surface area contributed by atoms with E-state index in [1.807, 2.05) is 24.1 Å². The maximum absolute atomic E-state index is 12.9. The predicted octanol–water partition coefficient (Wildman–Crippen LogP) is 2.65. The van der Waals surface area contributed by atoms with Crippen molar-refractivity contribution >= 4 is 23.5 Å². The fourth-order valence-electron chi connectivity index (χ4n) is 6.06. The number of anilines is 1. The van der Waals surface area contributed by atoms with Crippen molar-refractivity contribution in [2.75, 3.05) is 71.8 Å². The molecular weight excluding hydrogens is 494 g/mol. The van der Waals surface area contributed by atoms with Gasteiger partial charge in [-0.15, -0.1) is 0 Å². The van der Waals surface area contributed by atoms with E-state index in [2.05, 4.69) is 34.3 Å². The van der Waals surface area contributed by atoms with Gasteiger partial charge in [0.25, 0.3) is 5.91 Å². The third kappa shape index (κ3) is 5.63. The van der Waals surface area contributed by atoms with Gasteiger partial charge in [0.15, 0.2) is 5.82 Å². The number of guanidine groups is 1. The van der Waals surface area contributed by atoms with E-state index >= 15 is 0 Å². The summed E-state index contributed by atoms with van der Waals surface area (Å²) in [7, 11) is 3.53. The summed E-state index contributed by atoms with van der Waals surface area (Å²) >= 11 is 0. The normalized spacial score (nSPS) is 20.7. The van der Waals surface area contributed by atoms with Crippen LogP contribution in [0.15, 0.2) is 34.7 Å². The molecule has 0 radical (unpaired) electrons. The number of quaternary nitrogens is 1. The summed E-state index contributed by atoms with van der Waals surface area (Å²) in [5.74, 6) is 2.49. The molecule has 1 aromatic carbocycles. The number of amides is 2. The Kier molecular flexibility index (Phi) is 8.13. The summed E-state index contributed by atoms with van der Waals surface area (Å²) in [6.07, 6.45) is 5.28. The topological polar surface area (TPSA) is 89.5 Å². The molecule has 10 nitrogen and oxygen atoms in total. The number of nitrogens with zero attached hydrogens (tertiary/aromatic N) is 5. The van der Waals surface area contributed by atoms with Crippen LogP contribution in [0.1, 0.15) is 56.3 Å². The van der Waals surface area contributed by atoms with Crippen molar-refractivity contribution in [1.29, 1.82) is 0 Å². The number of hydrogen-bond donors (Lipinski definition) is 2. The van der Waals surface area contributed by atoms with Gasteiger partial charge in [0, 0.05) is 44.7 Å². The summed E-state index contributed by atoms with van der Waals surface area (Å²) in [5.41, 5.74) is 2.39. The van der Waals surface area contributed by atoms with Crippen LogP contribution < -0.4 is 15.4 Å². The minimum atomic E-state index is -0.107. The summed E-state index contributed by atoms with van der Waals surface area (Å²) in [6.45, 7) is 11.0. The van der Waals surface area contributed by atoms with Crippen LogP contribution in [0.2, 0.25) is 0 Å². The molecule has 5 rings (SSSR count). The number of benzene rings is 1. The van der Waals surface area contributed by atoms with Crippen molar-refractivity contribution in [3.8, 4) is 5.75 Å². The van der Waals surface area contributed by atoms with Crippen LogP contribution in [0.4, 0.5) is 5.69 Å². The smallest absolute Gasteiger partial charge is 0.309 e. The lowest BCUT2D eigenvalue weighted by molar-refractivity contribution is -0.696. The zero-order valence-corrected chi connectivity index (χ0v) is 24.0. The standard InChI is InChI=1S/C29H43N7O3/c1-5-34(6-2)16-14-30-28(38)21-11-12-23(25(19-21)39-4)31-29-32-27-24(20-36(29)17-18-36)33(3)26(37)13-15-35(27)22-9-7-8-10-22/h11-12,19,22H,5-10,13-18,20H2,1-4H3,(H-,30,31,32,38)/p+1. The van der Waals surface area contributed by atoms with Gasteiger partial charge in [-0.3, -0.25) is 14.9 Å². The van der Waals surface area contributed by atoms with Crippen molar-refractivity contribution in [2.24, 2.45) is 4.99 Å². The molecule has 39 heavy (non-hydrogen) atoms. The highest BCUT2D eigenvalue weighted by Gasteiger charge is 2.54. The lowest BCUT2D eigenvalue weighted by Crippen LogP contribution is -2.48. The van der Waals surface area contributed by atoms with E-state index < -0.39 is 0 Å². The predicted molar refractivity (Wildman–Crippen MR) is 152 cm³/mol. The molecule has 1 aromatic rings. The zero-order chi connectivity index (χ0) is 27.6. The zero-order valence-electron chi connectivity index (χ0n) is 24.0. The van der Waals surface area contributed by atoms with E-state index in [9.17, 15) is 9.59 Å². The minimum Gasteiger partial charge on any atom is -0.495 e. The van der Waals surface area contributed by atoms with Crippen LogP contribution in [-0.4, -0.2) is 110 Å². The second-order valence-electron chi connectivity index (χ2n) is 11.1. The number of rotatable bonds is 9. The van der Waals surface area contributed by atoms with Gasteiger partial charge in [-0.05, 0) is 44.1 Å². The average Bonchev–Trinajstić information content (AvgIpc) is 3.54. The monoisotopic (exact) mass is 538 g/mol. The van der Waals surface area contributed by atoms with Gasteiger partial charge in [0.1, 0.15) is 31.1 Å². The van der Waals surface area contributed by atoms with E-state index in [-0.39, 0.29) is 11.8 Å². The highest BCUT2D eigenvalue weighted by atomic mass is 16.5. The minimum absolute atomic E-state index is 0.107. The molecule has 1 spiro atoms. The first-order chi connectivity index (χ1) is 18.9. The Labute approximate surface area is 232 Å². The maximum Gasteiger partial charge on any atom is 0.309 e. The lowest BCUT2D eigenvalue weighted by atomic mass is 10.1. The number of carbonyl (C=O) groups is 2. The Morgan fingerprint density at radius 3 is 2.62 bits per heavy atom. The average molecular weight is 539 g/mol. The van der Waals surface area contributed by atoms with Crippen LogP contribution in [0.3, 0.4) is 0 Å². The van der Waals surface area contributed by atoms with Gasteiger partial charge in [-0.25, -0.2) is 4.48 Å². The van der Waals surface area contributed by atoms with Crippen molar-refractivity contribution in [2.45, 2.75) is 52.0 Å². The molecule has 0 atom stereocenters. The van der Waals surface area contributed by atoms with Gasteiger partial charge in [-0.2, -0.15) is 4.99 Å². The lowest BCUT2D eigenvalue weighted by Gasteiger charge is -2.35. The van der Waals surface area contributed by atoms with Gasteiger partial charge < -0.3 is 24.8 Å². The number of carbonyl (C=O) groups excluding carboxylic acids is 2. The van der Waals surface area contributed by atoms with Crippen LogP contribution in [-0.2, 0) is 4.79 Å². The Morgan fingerprint density at radius 1 is 1.21 bits per heavy atom. The van der Waals surface area contributed by atoms with Crippen LogP contribution in [0.25, 0.3) is 0 Å². The number of hydrogen-bond acceptors (Lipinski definition) is 7. The summed E-state index contributed by atoms with van der Waals surface area (Å²) in [5, 5.41) is 6.60. The van der Waals surface area contributed by atoms with Crippen molar-refractivity contribution in [3.63, 3.8) is 0 Å². The quantitative estimate of drug-likeness (QED) is 0.371. The SMILES string of the molecule is CCN(CC)CCNC(=O)c1ccc(NC2=NC3=C(C[N+]24CC4)N(C)C(=O)CCN3C2CCCC2)c(OC)c1. The Balaban J connectivity index is 1.38.